The van der Waals surface area contributed by atoms with E-state index in [0.29, 0.717) is 17.6 Å². The van der Waals surface area contributed by atoms with Crippen molar-refractivity contribution >= 4 is 6.03 Å². The van der Waals surface area contributed by atoms with Gasteiger partial charge in [0.2, 0.25) is 0 Å². The van der Waals surface area contributed by atoms with Crippen molar-refractivity contribution in [3.63, 3.8) is 0 Å². The van der Waals surface area contributed by atoms with Crippen LogP contribution in [0.25, 0.3) is 0 Å². The van der Waals surface area contributed by atoms with Gasteiger partial charge >= 0.3 is 6.03 Å². The number of carbonyl (C=O) groups excluding carboxylic acids is 1. The summed E-state index contributed by atoms with van der Waals surface area (Å²) in [5.74, 6) is 0. The van der Waals surface area contributed by atoms with Gasteiger partial charge in [0.15, 0.2) is 0 Å². The second-order valence-corrected chi connectivity index (χ2v) is 6.90. The summed E-state index contributed by atoms with van der Waals surface area (Å²) in [4.78, 5) is 19.1. The van der Waals surface area contributed by atoms with E-state index in [-0.39, 0.29) is 6.03 Å². The Morgan fingerprint density at radius 2 is 1.70 bits per heavy atom. The van der Waals surface area contributed by atoms with Gasteiger partial charge in [0.05, 0.1) is 0 Å². The van der Waals surface area contributed by atoms with E-state index < -0.39 is 0 Å². The van der Waals surface area contributed by atoms with Crippen LogP contribution in [0.5, 0.6) is 0 Å². The zero-order valence-electron chi connectivity index (χ0n) is 13.9. The number of rotatable bonds is 3. The Morgan fingerprint density at radius 1 is 1.15 bits per heavy atom. The van der Waals surface area contributed by atoms with Crippen LogP contribution in [0.1, 0.15) is 53.4 Å². The summed E-state index contributed by atoms with van der Waals surface area (Å²) in [6.45, 7) is 11.9. The second-order valence-electron chi connectivity index (χ2n) is 6.90. The maximum absolute atomic E-state index is 12.5. The fraction of sp³-hybridized carbons (Fsp3) is 0.938. The fourth-order valence-corrected chi connectivity index (χ4v) is 3.70. The van der Waals surface area contributed by atoms with Crippen LogP contribution < -0.4 is 0 Å². The molecule has 2 saturated heterocycles. The number of hydrogen-bond donors (Lipinski definition) is 0. The molecule has 2 rings (SSSR count). The predicted octanol–water partition coefficient (Wildman–Crippen LogP) is 2.79. The van der Waals surface area contributed by atoms with Crippen molar-refractivity contribution in [2.45, 2.75) is 71.0 Å². The maximum Gasteiger partial charge on any atom is 0.319 e. The zero-order chi connectivity index (χ0) is 14.9. The lowest BCUT2D eigenvalue weighted by Gasteiger charge is -2.58. The summed E-state index contributed by atoms with van der Waals surface area (Å²) in [5, 5.41) is 0. The Bertz CT molecular complexity index is 348. The molecule has 2 aliphatic rings. The van der Waals surface area contributed by atoms with Crippen LogP contribution >= 0.6 is 0 Å². The van der Waals surface area contributed by atoms with Gasteiger partial charge in [0, 0.05) is 44.3 Å². The number of piperidine rings is 1. The minimum Gasteiger partial charge on any atom is -0.325 e. The molecule has 116 valence electrons. The molecule has 0 radical (unpaired) electrons. The van der Waals surface area contributed by atoms with E-state index in [1.54, 1.807) is 0 Å². The molecule has 2 fully saturated rings. The smallest absolute Gasteiger partial charge is 0.319 e. The lowest BCUT2D eigenvalue weighted by molar-refractivity contribution is -0.0739. The van der Waals surface area contributed by atoms with Crippen LogP contribution in [0.3, 0.4) is 0 Å². The molecule has 4 heteroatoms. The number of hydrogen-bond acceptors (Lipinski definition) is 2. The maximum atomic E-state index is 12.5. The third-order valence-electron chi connectivity index (χ3n) is 5.57. The first-order valence-corrected chi connectivity index (χ1v) is 8.20. The van der Waals surface area contributed by atoms with Crippen LogP contribution in [-0.2, 0) is 0 Å². The summed E-state index contributed by atoms with van der Waals surface area (Å²) < 4.78 is 0. The Balaban J connectivity index is 1.90. The lowest BCUT2D eigenvalue weighted by Crippen LogP contribution is -2.66. The number of nitrogens with zero attached hydrogens (tertiary/aromatic N) is 3. The van der Waals surface area contributed by atoms with Gasteiger partial charge in [-0.15, -0.1) is 0 Å². The Labute approximate surface area is 124 Å². The molecule has 0 saturated carbocycles. The molecular formula is C16H31N3O. The Kier molecular flexibility index (Phi) is 4.62. The van der Waals surface area contributed by atoms with Gasteiger partial charge in [0.25, 0.3) is 0 Å². The SMILES string of the molecule is CCC(C)N(C)C(=O)N1CCC2(CC1)CCN2C(C)C. The minimum absolute atomic E-state index is 0.213. The van der Waals surface area contributed by atoms with Crippen molar-refractivity contribution < 1.29 is 4.79 Å². The molecule has 2 heterocycles. The molecule has 0 N–H and O–H groups in total. The normalized spacial score (nSPS) is 23.8. The predicted molar refractivity (Wildman–Crippen MR) is 82.9 cm³/mol. The van der Waals surface area contributed by atoms with Crippen LogP contribution in [-0.4, -0.2) is 65.0 Å². The molecule has 1 atom stereocenters. The van der Waals surface area contributed by atoms with Gasteiger partial charge in [0.1, 0.15) is 0 Å². The molecular weight excluding hydrogens is 250 g/mol. The molecule has 4 nitrogen and oxygen atoms in total. The monoisotopic (exact) mass is 281 g/mol. The van der Waals surface area contributed by atoms with Crippen molar-refractivity contribution in [3.05, 3.63) is 0 Å². The summed E-state index contributed by atoms with van der Waals surface area (Å²) in [5.41, 5.74) is 0.403. The lowest BCUT2D eigenvalue weighted by atomic mass is 9.75. The van der Waals surface area contributed by atoms with E-state index in [1.165, 1.54) is 13.0 Å². The quantitative estimate of drug-likeness (QED) is 0.795. The van der Waals surface area contributed by atoms with Crippen molar-refractivity contribution in [3.8, 4) is 0 Å². The summed E-state index contributed by atoms with van der Waals surface area (Å²) in [7, 11) is 1.94. The number of amides is 2. The average molecular weight is 281 g/mol. The van der Waals surface area contributed by atoms with Crippen LogP contribution in [0.4, 0.5) is 4.79 Å². The van der Waals surface area contributed by atoms with Crippen molar-refractivity contribution in [2.75, 3.05) is 26.7 Å². The van der Waals surface area contributed by atoms with Crippen LogP contribution in [0.2, 0.25) is 0 Å². The van der Waals surface area contributed by atoms with Crippen LogP contribution in [0.15, 0.2) is 0 Å². The summed E-state index contributed by atoms with van der Waals surface area (Å²) in [6.07, 6.45) is 4.62. The first kappa shape index (κ1) is 15.6. The van der Waals surface area contributed by atoms with Gasteiger partial charge in [-0.2, -0.15) is 0 Å². The van der Waals surface area contributed by atoms with Crippen molar-refractivity contribution in [2.24, 2.45) is 0 Å². The van der Waals surface area contributed by atoms with E-state index in [9.17, 15) is 4.79 Å². The topological polar surface area (TPSA) is 26.8 Å². The molecule has 1 spiro atoms. The molecule has 0 aromatic carbocycles. The highest BCUT2D eigenvalue weighted by atomic mass is 16.2. The van der Waals surface area contributed by atoms with Gasteiger partial charge < -0.3 is 9.80 Å². The zero-order valence-corrected chi connectivity index (χ0v) is 13.9. The van der Waals surface area contributed by atoms with Gasteiger partial charge in [-0.25, -0.2) is 4.79 Å². The van der Waals surface area contributed by atoms with Gasteiger partial charge in [-0.05, 0) is 46.5 Å². The second kappa shape index (κ2) is 5.92. The average Bonchev–Trinajstić information content (AvgIpc) is 2.43. The van der Waals surface area contributed by atoms with E-state index in [4.69, 9.17) is 0 Å². The van der Waals surface area contributed by atoms with Crippen molar-refractivity contribution in [1.29, 1.82) is 0 Å². The first-order valence-electron chi connectivity index (χ1n) is 8.20. The molecule has 2 amide bonds. The molecule has 1 unspecified atom stereocenters. The van der Waals surface area contributed by atoms with Gasteiger partial charge in [-0.1, -0.05) is 6.92 Å². The highest BCUT2D eigenvalue weighted by Crippen LogP contribution is 2.41. The number of likely N-dealkylation sites (tertiary alicyclic amines) is 2. The molecule has 0 aromatic heterocycles. The third kappa shape index (κ3) is 2.67. The van der Waals surface area contributed by atoms with E-state index in [0.717, 1.165) is 32.4 Å². The number of carbonyl (C=O) groups is 1. The van der Waals surface area contributed by atoms with E-state index >= 15 is 0 Å². The Hall–Kier alpha value is -0.770. The molecule has 0 aromatic rings. The molecule has 0 bridgehead atoms. The largest absolute Gasteiger partial charge is 0.325 e. The summed E-state index contributed by atoms with van der Waals surface area (Å²) in [6, 6.07) is 1.17. The standard InChI is InChI=1S/C16H31N3O/c1-6-14(4)17(5)15(20)18-10-7-16(8-11-18)9-12-19(16)13(2)3/h13-14H,6-12H2,1-5H3. The van der Waals surface area contributed by atoms with E-state index in [2.05, 4.69) is 32.6 Å². The Morgan fingerprint density at radius 3 is 2.10 bits per heavy atom. The van der Waals surface area contributed by atoms with Crippen LogP contribution in [0, 0.1) is 0 Å². The third-order valence-corrected chi connectivity index (χ3v) is 5.57. The minimum atomic E-state index is 0.213. The highest BCUT2D eigenvalue weighted by Gasteiger charge is 2.47. The fourth-order valence-electron chi connectivity index (χ4n) is 3.70. The van der Waals surface area contributed by atoms with Crippen molar-refractivity contribution in [1.82, 2.24) is 14.7 Å². The molecule has 20 heavy (non-hydrogen) atoms. The number of urea groups is 1. The van der Waals surface area contributed by atoms with Gasteiger partial charge in [-0.3, -0.25) is 4.90 Å². The molecule has 2 aliphatic heterocycles. The highest BCUT2D eigenvalue weighted by molar-refractivity contribution is 5.74. The van der Waals surface area contributed by atoms with E-state index in [1.807, 2.05) is 16.8 Å². The first-order chi connectivity index (χ1) is 9.41. The molecule has 0 aliphatic carbocycles. The summed E-state index contributed by atoms with van der Waals surface area (Å²) >= 11 is 0.